The van der Waals surface area contributed by atoms with Crippen LogP contribution >= 0.6 is 0 Å². The Labute approximate surface area is 80.3 Å². The van der Waals surface area contributed by atoms with E-state index < -0.39 is 0 Å². The molecule has 0 aliphatic carbocycles. The first-order chi connectivity index (χ1) is 6.86. The van der Waals surface area contributed by atoms with Gasteiger partial charge in [0.05, 0.1) is 7.47 Å². The maximum absolute atomic E-state index is 7.39. The molecule has 0 amide bonds. The minimum atomic E-state index is 0.151. The molecule has 1 aliphatic heterocycles. The summed E-state index contributed by atoms with van der Waals surface area (Å²) in [5, 5.41) is 3.34. The molecule has 1 aliphatic rings. The van der Waals surface area contributed by atoms with Gasteiger partial charge in [0.2, 0.25) is 0 Å². The minimum absolute atomic E-state index is 0.151. The fourth-order valence-electron chi connectivity index (χ4n) is 1.54. The molecule has 0 radical (unpaired) electrons. The Morgan fingerprint density at radius 1 is 1.46 bits per heavy atom. The highest BCUT2D eigenvalue weighted by Gasteiger charge is 2.13. The second-order valence-electron chi connectivity index (χ2n) is 3.25. The first-order valence-electron chi connectivity index (χ1n) is 5.25. The van der Waals surface area contributed by atoms with Gasteiger partial charge < -0.3 is 10.1 Å². The van der Waals surface area contributed by atoms with E-state index in [-0.39, 0.29) is 6.10 Å². The quantitative estimate of drug-likeness (QED) is 0.707. The summed E-state index contributed by atoms with van der Waals surface area (Å²) in [4.78, 5) is 0. The smallest absolute Gasteiger partial charge is 0.0949 e. The van der Waals surface area contributed by atoms with Gasteiger partial charge in [-0.05, 0) is 18.5 Å². The van der Waals surface area contributed by atoms with Crippen molar-refractivity contribution < 1.29 is 6.11 Å². The second-order valence-corrected chi connectivity index (χ2v) is 3.25. The summed E-state index contributed by atoms with van der Waals surface area (Å²) in [6.45, 7) is 2.73. The number of hydrogen-bond donors (Lipinski definition) is 1. The zero-order valence-corrected chi connectivity index (χ0v) is 7.62. The number of benzene rings is 1. The van der Waals surface area contributed by atoms with Crippen LogP contribution in [0.3, 0.4) is 0 Å². The highest BCUT2D eigenvalue weighted by atomic mass is 16.5. The third-order valence-corrected chi connectivity index (χ3v) is 2.26. The number of rotatable bonds is 1. The van der Waals surface area contributed by atoms with Crippen molar-refractivity contribution >= 4 is 0 Å². The Morgan fingerprint density at radius 3 is 3.15 bits per heavy atom. The lowest BCUT2D eigenvalue weighted by Gasteiger charge is -2.14. The Balaban J connectivity index is 2.08. The van der Waals surface area contributed by atoms with Gasteiger partial charge >= 0.3 is 0 Å². The summed E-state index contributed by atoms with van der Waals surface area (Å²) >= 11 is 0. The summed E-state index contributed by atoms with van der Waals surface area (Å²) in [5.41, 5.74) is 1.16. The van der Waals surface area contributed by atoms with E-state index in [2.05, 4.69) is 5.32 Å². The van der Waals surface area contributed by atoms with Crippen LogP contribution in [0.5, 0.6) is 0 Å². The second kappa shape index (κ2) is 4.40. The molecule has 0 aromatic heterocycles. The van der Waals surface area contributed by atoms with E-state index >= 15 is 0 Å². The van der Waals surface area contributed by atoms with E-state index in [4.69, 9.17) is 6.11 Å². The summed E-state index contributed by atoms with van der Waals surface area (Å²) in [5.74, 6) is 0. The number of nitrogens with one attached hydrogen (secondary N) is 1. The van der Waals surface area contributed by atoms with Gasteiger partial charge in [0.1, 0.15) is 0 Å². The van der Waals surface area contributed by atoms with Crippen LogP contribution in [0.1, 0.15) is 19.5 Å². The van der Waals surface area contributed by atoms with Crippen LogP contribution in [-0.4, -0.2) is 19.7 Å². The highest BCUT2D eigenvalue weighted by molar-refractivity contribution is 5.18. The zero-order chi connectivity index (χ0) is 9.80. The molecule has 0 bridgehead atoms. The molecule has 13 heavy (non-hydrogen) atoms. The average molecular weight is 178 g/mol. The van der Waals surface area contributed by atoms with Crippen molar-refractivity contribution in [3.63, 3.8) is 0 Å². The fourth-order valence-corrected chi connectivity index (χ4v) is 1.54. The van der Waals surface area contributed by atoms with Gasteiger partial charge in [-0.1, -0.05) is 30.3 Å². The number of hydrogen-bond acceptors (Lipinski definition) is 2. The van der Waals surface area contributed by atoms with Crippen molar-refractivity contribution in [1.29, 1.82) is 0 Å². The first-order valence-corrected chi connectivity index (χ1v) is 4.75. The Morgan fingerprint density at radius 2 is 2.31 bits per heavy atom. The molecule has 0 spiro atoms. The van der Waals surface area contributed by atoms with Crippen molar-refractivity contribution in [2.24, 2.45) is 0 Å². The van der Waals surface area contributed by atoms with Gasteiger partial charge in [0.15, 0.2) is 0 Å². The van der Waals surface area contributed by atoms with Crippen LogP contribution in [0.15, 0.2) is 30.3 Å². The van der Waals surface area contributed by atoms with Gasteiger partial charge in [-0.3, -0.25) is 0 Å². The third kappa shape index (κ3) is 2.29. The molecule has 1 fully saturated rings. The molecule has 2 heteroatoms. The molecule has 2 rings (SSSR count). The van der Waals surface area contributed by atoms with E-state index in [0.717, 1.165) is 31.7 Å². The summed E-state index contributed by atoms with van der Waals surface area (Å²) in [7, 11) is 0. The fraction of sp³-hybridized carbons (Fsp3) is 0.455. The molecular formula is C11H15NO. The lowest BCUT2D eigenvalue weighted by Crippen LogP contribution is -2.19. The average Bonchev–Trinajstić information content (AvgIpc) is 2.47. The Bertz CT molecular complexity index is 278. The summed E-state index contributed by atoms with van der Waals surface area (Å²) < 4.78 is 13.1. The molecule has 70 valence electrons. The molecule has 0 saturated carbocycles. The van der Waals surface area contributed by atoms with Gasteiger partial charge in [-0.15, -0.1) is 0 Å². The van der Waals surface area contributed by atoms with Crippen molar-refractivity contribution in [1.82, 2.24) is 5.32 Å². The Hall–Kier alpha value is -0.860. The van der Waals surface area contributed by atoms with Gasteiger partial charge in [0, 0.05) is 13.2 Å². The first kappa shape index (κ1) is 7.54. The lowest BCUT2D eigenvalue weighted by molar-refractivity contribution is 0.0669. The van der Waals surface area contributed by atoms with E-state index in [9.17, 15) is 0 Å². The normalized spacial score (nSPS) is 24.9. The van der Waals surface area contributed by atoms with Crippen LogP contribution in [-0.2, 0) is 4.74 Å². The van der Waals surface area contributed by atoms with Gasteiger partial charge in [0.25, 0.3) is 0 Å². The SMILES string of the molecule is [2H]c1ccc(C2CNCCCO2)cc1. The van der Waals surface area contributed by atoms with Crippen LogP contribution in [0.4, 0.5) is 0 Å². The standard InChI is InChI=1S/C11H15NO/c1-2-5-10(6-3-1)11-9-12-7-4-8-13-11/h1-3,5-6,11-12H,4,7-9H2/i1D. The van der Waals surface area contributed by atoms with E-state index in [0.29, 0.717) is 6.04 Å². The Kier molecular flexibility index (Phi) is 2.55. The van der Waals surface area contributed by atoms with Crippen LogP contribution < -0.4 is 5.32 Å². The van der Waals surface area contributed by atoms with Crippen molar-refractivity contribution in [3.8, 4) is 0 Å². The summed E-state index contributed by atoms with van der Waals surface area (Å²) in [6.07, 6.45) is 1.23. The highest BCUT2D eigenvalue weighted by Crippen LogP contribution is 2.17. The van der Waals surface area contributed by atoms with E-state index in [1.165, 1.54) is 0 Å². The molecule has 1 aromatic carbocycles. The molecule has 1 saturated heterocycles. The largest absolute Gasteiger partial charge is 0.372 e. The van der Waals surface area contributed by atoms with E-state index in [1.807, 2.05) is 24.3 Å². The van der Waals surface area contributed by atoms with Crippen LogP contribution in [0, 0.1) is 0 Å². The minimum Gasteiger partial charge on any atom is -0.372 e. The van der Waals surface area contributed by atoms with Crippen LogP contribution in [0.2, 0.25) is 0 Å². The topological polar surface area (TPSA) is 21.3 Å². The zero-order valence-electron chi connectivity index (χ0n) is 8.62. The molecule has 1 heterocycles. The van der Waals surface area contributed by atoms with Crippen LogP contribution in [0.25, 0.3) is 0 Å². The van der Waals surface area contributed by atoms with Crippen molar-refractivity contribution in [3.05, 3.63) is 35.9 Å². The molecule has 1 unspecified atom stereocenters. The van der Waals surface area contributed by atoms with Crippen molar-refractivity contribution in [2.75, 3.05) is 19.7 Å². The predicted molar refractivity (Wildman–Crippen MR) is 52.6 cm³/mol. The molecule has 1 N–H and O–H groups in total. The molecule has 1 atom stereocenters. The van der Waals surface area contributed by atoms with Gasteiger partial charge in [-0.2, -0.15) is 0 Å². The summed E-state index contributed by atoms with van der Waals surface area (Å²) in [6, 6.07) is 8.11. The maximum Gasteiger partial charge on any atom is 0.0949 e. The van der Waals surface area contributed by atoms with Crippen molar-refractivity contribution in [2.45, 2.75) is 12.5 Å². The monoisotopic (exact) mass is 178 g/mol. The van der Waals surface area contributed by atoms with Gasteiger partial charge in [-0.25, -0.2) is 0 Å². The third-order valence-electron chi connectivity index (χ3n) is 2.26. The molecular weight excluding hydrogens is 162 g/mol. The number of ether oxygens (including phenoxy) is 1. The molecule has 1 aromatic rings. The predicted octanol–water partition coefficient (Wildman–Crippen LogP) is 1.74. The van der Waals surface area contributed by atoms with E-state index in [1.54, 1.807) is 0 Å². The lowest BCUT2D eigenvalue weighted by atomic mass is 10.1. The maximum atomic E-state index is 7.39. The molecule has 2 nitrogen and oxygen atoms in total.